The largest absolute Gasteiger partial charge is 0.497 e. The number of aliphatic hydroxyl groups excluding tert-OH is 1. The Kier molecular flexibility index (Phi) is 11.5. The molecule has 4 heterocycles. The third-order valence-corrected chi connectivity index (χ3v) is 18.1. The fourth-order valence-corrected chi connectivity index (χ4v) is 14.5. The number of hydrogen-bond acceptors (Lipinski definition) is 7. The minimum absolute atomic E-state index is 0.0747. The first-order chi connectivity index (χ1) is 28.5. The second-order valence-corrected chi connectivity index (χ2v) is 22.0. The SMILES string of the molecule is COc1ccc([Si](C)(C)[C@@H]2[C@@H](CC(=O)N3Cc4ccccc4C[C@H]3CO)O[C@]3(C(=O)N(Cc4ccc(N5CCCCCCC5=O)cc4)c4ccc(OC)cc43)[C@H]2C)cc1. The summed E-state index contributed by atoms with van der Waals surface area (Å²) in [6.45, 7) is 8.04. The van der Waals surface area contributed by atoms with Crippen molar-refractivity contribution in [3.8, 4) is 11.5 Å². The van der Waals surface area contributed by atoms with E-state index < -0.39 is 19.8 Å². The van der Waals surface area contributed by atoms with E-state index in [2.05, 4.69) is 38.2 Å². The van der Waals surface area contributed by atoms with Gasteiger partial charge in [-0.05, 0) is 84.0 Å². The van der Waals surface area contributed by atoms with Gasteiger partial charge in [0, 0.05) is 36.7 Å². The molecule has 5 atom stereocenters. The van der Waals surface area contributed by atoms with Gasteiger partial charge in [-0.25, -0.2) is 0 Å². The molecule has 0 bridgehead atoms. The molecule has 4 aliphatic heterocycles. The molecule has 0 aromatic heterocycles. The van der Waals surface area contributed by atoms with Gasteiger partial charge in [-0.2, -0.15) is 0 Å². The highest BCUT2D eigenvalue weighted by molar-refractivity contribution is 6.91. The first kappa shape index (κ1) is 40.8. The van der Waals surface area contributed by atoms with Crippen molar-refractivity contribution in [3.63, 3.8) is 0 Å². The predicted octanol–water partition coefficient (Wildman–Crippen LogP) is 7.10. The van der Waals surface area contributed by atoms with Crippen molar-refractivity contribution in [2.75, 3.05) is 37.2 Å². The minimum Gasteiger partial charge on any atom is -0.497 e. The van der Waals surface area contributed by atoms with Crippen LogP contribution in [0, 0.1) is 5.92 Å². The molecule has 1 spiro atoms. The lowest BCUT2D eigenvalue weighted by molar-refractivity contribution is -0.151. The maximum absolute atomic E-state index is 15.5. The summed E-state index contributed by atoms with van der Waals surface area (Å²) in [5.41, 5.74) is 4.02. The summed E-state index contributed by atoms with van der Waals surface area (Å²) < 4.78 is 18.6. The standard InChI is InChI=1S/C48H57N3O7Si/c1-32-46(59(4,5)40-22-19-38(56-2)20-23-40)43(28-45(54)50-30-35-13-10-9-12-34(35)26-37(50)31-52)58-48(32)41-27-39(57-3)21-24-42(41)51(47(48)55)29-33-15-17-36(18-16-33)49-25-11-7-6-8-14-44(49)53/h9-10,12-13,15-24,27,32,37,43,46,52H,6-8,11,14,25-26,28-31H2,1-5H3/t32-,37-,43+,46-,48+/m0/s1. The summed E-state index contributed by atoms with van der Waals surface area (Å²) in [7, 11) is 0.740. The number of rotatable bonds is 10. The van der Waals surface area contributed by atoms with Crippen molar-refractivity contribution >= 4 is 42.4 Å². The minimum atomic E-state index is -2.54. The predicted molar refractivity (Wildman–Crippen MR) is 232 cm³/mol. The molecule has 4 aromatic rings. The number of carbonyl (C=O) groups is 3. The quantitative estimate of drug-likeness (QED) is 0.170. The molecule has 4 aromatic carbocycles. The van der Waals surface area contributed by atoms with Crippen LogP contribution in [0.4, 0.5) is 11.4 Å². The molecular formula is C48H57N3O7Si. The van der Waals surface area contributed by atoms with Crippen LogP contribution in [0.5, 0.6) is 11.5 Å². The maximum Gasteiger partial charge on any atom is 0.264 e. The number of fused-ring (bicyclic) bond motifs is 3. The highest BCUT2D eigenvalue weighted by Crippen LogP contribution is 2.60. The van der Waals surface area contributed by atoms with Crippen LogP contribution in [-0.4, -0.2) is 75.3 Å². The average molecular weight is 816 g/mol. The van der Waals surface area contributed by atoms with Crippen LogP contribution in [0.1, 0.15) is 67.7 Å². The number of methoxy groups -OCH3 is 2. The van der Waals surface area contributed by atoms with Gasteiger partial charge in [0.05, 0.1) is 59.7 Å². The van der Waals surface area contributed by atoms with Gasteiger partial charge in [0.25, 0.3) is 5.91 Å². The molecule has 10 nitrogen and oxygen atoms in total. The van der Waals surface area contributed by atoms with Gasteiger partial charge >= 0.3 is 0 Å². The number of benzene rings is 4. The highest BCUT2D eigenvalue weighted by atomic mass is 28.3. The zero-order chi connectivity index (χ0) is 41.5. The molecule has 2 saturated heterocycles. The topological polar surface area (TPSA) is 109 Å². The van der Waals surface area contributed by atoms with Gasteiger partial charge in [0.2, 0.25) is 11.8 Å². The second-order valence-electron chi connectivity index (χ2n) is 17.3. The third kappa shape index (κ3) is 7.35. The van der Waals surface area contributed by atoms with Gasteiger partial charge in [0.15, 0.2) is 5.60 Å². The number of nitrogens with zero attached hydrogens (tertiary/aromatic N) is 3. The second kappa shape index (κ2) is 16.6. The van der Waals surface area contributed by atoms with Crippen LogP contribution in [0.25, 0.3) is 0 Å². The van der Waals surface area contributed by atoms with Gasteiger partial charge in [-0.1, -0.05) is 86.6 Å². The number of hydrogen-bond donors (Lipinski definition) is 1. The summed E-state index contributed by atoms with van der Waals surface area (Å²) in [5.74, 6) is 0.979. The smallest absolute Gasteiger partial charge is 0.264 e. The zero-order valence-electron chi connectivity index (χ0n) is 35.0. The van der Waals surface area contributed by atoms with Gasteiger partial charge in [0.1, 0.15) is 11.5 Å². The number of amides is 3. The van der Waals surface area contributed by atoms with Gasteiger partial charge in [-0.15, -0.1) is 0 Å². The molecule has 0 unspecified atom stereocenters. The lowest BCUT2D eigenvalue weighted by Crippen LogP contribution is -2.52. The van der Waals surface area contributed by atoms with Crippen LogP contribution >= 0.6 is 0 Å². The number of carbonyl (C=O) groups excluding carboxylic acids is 3. The lowest BCUT2D eigenvalue weighted by atomic mass is 9.82. The van der Waals surface area contributed by atoms with Crippen LogP contribution < -0.4 is 24.5 Å². The summed E-state index contributed by atoms with van der Waals surface area (Å²) in [5, 5.41) is 11.7. The van der Waals surface area contributed by atoms with Crippen LogP contribution in [-0.2, 0) is 44.2 Å². The normalized spacial score (nSPS) is 24.5. The van der Waals surface area contributed by atoms with Gasteiger partial charge in [-0.3, -0.25) is 14.4 Å². The van der Waals surface area contributed by atoms with E-state index in [0.717, 1.165) is 65.1 Å². The van der Waals surface area contributed by atoms with E-state index >= 15 is 4.79 Å². The fraction of sp³-hybridized carbons (Fsp3) is 0.438. The first-order valence-corrected chi connectivity index (χ1v) is 24.3. The molecule has 3 amide bonds. The molecule has 11 heteroatoms. The van der Waals surface area contributed by atoms with Crippen molar-refractivity contribution in [2.45, 2.75) is 101 Å². The Morgan fingerprint density at radius 1 is 0.881 bits per heavy atom. The molecule has 2 fully saturated rings. The Bertz CT molecular complexity index is 2190. The summed E-state index contributed by atoms with van der Waals surface area (Å²) in [6, 6.07) is 29.7. The van der Waals surface area contributed by atoms with E-state index in [1.165, 1.54) is 5.19 Å². The Balaban J connectivity index is 1.16. The summed E-state index contributed by atoms with van der Waals surface area (Å²) >= 11 is 0. The van der Waals surface area contributed by atoms with Crippen LogP contribution in [0.2, 0.25) is 18.6 Å². The molecule has 8 rings (SSSR count). The van der Waals surface area contributed by atoms with Crippen LogP contribution in [0.15, 0.2) is 91.0 Å². The van der Waals surface area contributed by atoms with Crippen molar-refractivity contribution in [3.05, 3.63) is 113 Å². The average Bonchev–Trinajstić information content (AvgIpc) is 3.67. The molecular weight excluding hydrogens is 759 g/mol. The molecule has 1 N–H and O–H groups in total. The van der Waals surface area contributed by atoms with E-state index in [9.17, 15) is 14.7 Å². The molecule has 4 aliphatic rings. The lowest BCUT2D eigenvalue weighted by Gasteiger charge is -2.39. The van der Waals surface area contributed by atoms with Crippen molar-refractivity contribution in [1.29, 1.82) is 0 Å². The van der Waals surface area contributed by atoms with Crippen molar-refractivity contribution in [2.24, 2.45) is 5.92 Å². The number of aliphatic hydroxyl groups is 1. The molecule has 0 radical (unpaired) electrons. The zero-order valence-corrected chi connectivity index (χ0v) is 36.0. The van der Waals surface area contributed by atoms with Crippen molar-refractivity contribution in [1.82, 2.24) is 4.90 Å². The number of anilines is 2. The van der Waals surface area contributed by atoms with E-state index in [1.807, 2.05) is 87.5 Å². The Hall–Kier alpha value is -4.97. The van der Waals surface area contributed by atoms with Crippen LogP contribution in [0.3, 0.4) is 0 Å². The molecule has 0 aliphatic carbocycles. The number of ether oxygens (including phenoxy) is 3. The Labute approximate surface area is 349 Å². The highest BCUT2D eigenvalue weighted by Gasteiger charge is 2.66. The third-order valence-electron chi connectivity index (χ3n) is 13.7. The van der Waals surface area contributed by atoms with E-state index in [0.29, 0.717) is 38.2 Å². The summed E-state index contributed by atoms with van der Waals surface area (Å²) in [4.78, 5) is 48.7. The fourth-order valence-electron chi connectivity index (χ4n) is 10.5. The van der Waals surface area contributed by atoms with E-state index in [1.54, 1.807) is 14.2 Å². The molecule has 0 saturated carbocycles. The Morgan fingerprint density at radius 2 is 1.58 bits per heavy atom. The van der Waals surface area contributed by atoms with E-state index in [4.69, 9.17) is 14.2 Å². The van der Waals surface area contributed by atoms with E-state index in [-0.39, 0.29) is 48.3 Å². The Morgan fingerprint density at radius 3 is 2.29 bits per heavy atom. The first-order valence-electron chi connectivity index (χ1n) is 21.2. The molecule has 59 heavy (non-hydrogen) atoms. The molecule has 310 valence electrons. The summed E-state index contributed by atoms with van der Waals surface area (Å²) in [6.07, 6.45) is 4.74. The van der Waals surface area contributed by atoms with Crippen molar-refractivity contribution < 1.29 is 33.7 Å². The maximum atomic E-state index is 15.5. The van der Waals surface area contributed by atoms with Gasteiger partial charge < -0.3 is 34.0 Å². The monoisotopic (exact) mass is 815 g/mol.